The normalized spacial score (nSPS) is 12.2. The predicted octanol–water partition coefficient (Wildman–Crippen LogP) is 0.658. The van der Waals surface area contributed by atoms with Crippen LogP contribution in [0.15, 0.2) is 18.2 Å². The molecule has 100 valence electrons. The summed E-state index contributed by atoms with van der Waals surface area (Å²) in [7, 11) is 1.51. The molecule has 0 fully saturated rings. The summed E-state index contributed by atoms with van der Waals surface area (Å²) < 4.78 is 17.8. The average molecular weight is 257 g/mol. The molecule has 0 heterocycles. The van der Waals surface area contributed by atoms with Crippen molar-refractivity contribution in [3.8, 4) is 5.75 Å². The minimum atomic E-state index is -0.637. The molecule has 1 aromatic carbocycles. The maximum absolute atomic E-state index is 13.0. The molecule has 1 atom stereocenters. The summed E-state index contributed by atoms with van der Waals surface area (Å²) in [5, 5.41) is 21.0. The van der Waals surface area contributed by atoms with E-state index in [1.54, 1.807) is 0 Å². The second kappa shape index (κ2) is 6.93. The van der Waals surface area contributed by atoms with Crippen molar-refractivity contribution < 1.29 is 24.1 Å². The van der Waals surface area contributed by atoms with Gasteiger partial charge in [-0.2, -0.15) is 0 Å². The number of phenolic OH excluding ortho intramolecular Hbond substituents is 1. The van der Waals surface area contributed by atoms with E-state index >= 15 is 0 Å². The van der Waals surface area contributed by atoms with Crippen molar-refractivity contribution in [1.29, 1.82) is 0 Å². The summed E-state index contributed by atoms with van der Waals surface area (Å²) >= 11 is 0. The summed E-state index contributed by atoms with van der Waals surface area (Å²) in [5.74, 6) is -1.56. The van der Waals surface area contributed by atoms with Gasteiger partial charge >= 0.3 is 0 Å². The summed E-state index contributed by atoms with van der Waals surface area (Å²) in [4.78, 5) is 11.8. The Bertz CT molecular complexity index is 411. The van der Waals surface area contributed by atoms with Crippen molar-refractivity contribution in [1.82, 2.24) is 5.32 Å². The van der Waals surface area contributed by atoms with Crippen LogP contribution < -0.4 is 5.32 Å². The van der Waals surface area contributed by atoms with Crippen LogP contribution in [0.5, 0.6) is 5.75 Å². The zero-order chi connectivity index (χ0) is 13.5. The Morgan fingerprint density at radius 2 is 2.28 bits per heavy atom. The fourth-order valence-corrected chi connectivity index (χ4v) is 1.42. The lowest BCUT2D eigenvalue weighted by Crippen LogP contribution is -2.38. The number of carbonyl (C=O) groups excluding carboxylic acids is 1. The van der Waals surface area contributed by atoms with E-state index in [9.17, 15) is 14.3 Å². The van der Waals surface area contributed by atoms with Gasteiger partial charge in [-0.15, -0.1) is 0 Å². The second-order valence-corrected chi connectivity index (χ2v) is 3.80. The number of phenols is 1. The number of hydrogen-bond acceptors (Lipinski definition) is 4. The molecule has 18 heavy (non-hydrogen) atoms. The van der Waals surface area contributed by atoms with Gasteiger partial charge in [0.25, 0.3) is 5.91 Å². The molecule has 1 unspecified atom stereocenters. The number of rotatable bonds is 6. The smallest absolute Gasteiger partial charge is 0.255 e. The number of carbonyl (C=O) groups is 1. The van der Waals surface area contributed by atoms with Crippen LogP contribution in [0.25, 0.3) is 0 Å². The number of benzene rings is 1. The second-order valence-electron chi connectivity index (χ2n) is 3.80. The van der Waals surface area contributed by atoms with Gasteiger partial charge in [0.1, 0.15) is 11.6 Å². The topological polar surface area (TPSA) is 78.8 Å². The van der Waals surface area contributed by atoms with Gasteiger partial charge in [0.05, 0.1) is 18.2 Å². The van der Waals surface area contributed by atoms with Crippen LogP contribution in [0, 0.1) is 5.82 Å². The molecule has 0 aromatic heterocycles. The average Bonchev–Trinajstić information content (AvgIpc) is 2.37. The third kappa shape index (κ3) is 3.97. The van der Waals surface area contributed by atoms with Crippen LogP contribution in [0.4, 0.5) is 4.39 Å². The van der Waals surface area contributed by atoms with E-state index in [0.29, 0.717) is 13.0 Å². The minimum absolute atomic E-state index is 0.161. The highest BCUT2D eigenvalue weighted by Gasteiger charge is 2.16. The zero-order valence-electron chi connectivity index (χ0n) is 10.0. The Morgan fingerprint density at radius 1 is 1.56 bits per heavy atom. The Kier molecular flexibility index (Phi) is 5.54. The van der Waals surface area contributed by atoms with Gasteiger partial charge < -0.3 is 20.3 Å². The first-order valence-electron chi connectivity index (χ1n) is 5.47. The molecule has 1 rings (SSSR count). The summed E-state index contributed by atoms with van der Waals surface area (Å²) in [6, 6.07) is 2.60. The summed E-state index contributed by atoms with van der Waals surface area (Å²) in [6.45, 7) is 0.117. The van der Waals surface area contributed by atoms with Gasteiger partial charge in [-0.05, 0) is 24.6 Å². The van der Waals surface area contributed by atoms with Gasteiger partial charge in [-0.25, -0.2) is 4.39 Å². The molecule has 0 spiro atoms. The van der Waals surface area contributed by atoms with E-state index in [0.717, 1.165) is 18.2 Å². The minimum Gasteiger partial charge on any atom is -0.507 e. The highest BCUT2D eigenvalue weighted by Crippen LogP contribution is 2.17. The lowest BCUT2D eigenvalue weighted by molar-refractivity contribution is 0.0891. The fourth-order valence-electron chi connectivity index (χ4n) is 1.42. The molecule has 0 aliphatic heterocycles. The monoisotopic (exact) mass is 257 g/mol. The third-order valence-electron chi connectivity index (χ3n) is 2.43. The van der Waals surface area contributed by atoms with Gasteiger partial charge in [0, 0.05) is 13.7 Å². The van der Waals surface area contributed by atoms with Crippen LogP contribution in [-0.4, -0.2) is 42.5 Å². The highest BCUT2D eigenvalue weighted by atomic mass is 19.1. The van der Waals surface area contributed by atoms with Crippen molar-refractivity contribution in [3.05, 3.63) is 29.6 Å². The summed E-state index contributed by atoms with van der Waals surface area (Å²) in [5.41, 5.74) is -0.161. The SMILES string of the molecule is COCCC(CO)NC(=O)c1cc(F)ccc1O. The quantitative estimate of drug-likeness (QED) is 0.699. The Labute approximate surface area is 104 Å². The number of halogens is 1. The third-order valence-corrected chi connectivity index (χ3v) is 2.43. The molecule has 6 heteroatoms. The van der Waals surface area contributed by atoms with Gasteiger partial charge in [0.2, 0.25) is 0 Å². The number of aromatic hydroxyl groups is 1. The van der Waals surface area contributed by atoms with Crippen LogP contribution in [0.3, 0.4) is 0 Å². The molecule has 5 nitrogen and oxygen atoms in total. The van der Waals surface area contributed by atoms with Crippen LogP contribution >= 0.6 is 0 Å². The first-order chi connectivity index (χ1) is 8.58. The van der Waals surface area contributed by atoms with Crippen molar-refractivity contribution in [2.24, 2.45) is 0 Å². The number of hydrogen-bond donors (Lipinski definition) is 3. The van der Waals surface area contributed by atoms with E-state index in [-0.39, 0.29) is 17.9 Å². The summed E-state index contributed by atoms with van der Waals surface area (Å²) in [6.07, 6.45) is 0.425. The van der Waals surface area contributed by atoms with Crippen LogP contribution in [-0.2, 0) is 4.74 Å². The number of aliphatic hydroxyl groups excluding tert-OH is 1. The van der Waals surface area contributed by atoms with E-state index < -0.39 is 17.8 Å². The Hall–Kier alpha value is -1.66. The number of ether oxygens (including phenoxy) is 1. The largest absolute Gasteiger partial charge is 0.507 e. The molecule has 1 amide bonds. The molecule has 1 aromatic rings. The Balaban J connectivity index is 2.71. The lowest BCUT2D eigenvalue weighted by Gasteiger charge is -2.16. The Morgan fingerprint density at radius 3 is 2.89 bits per heavy atom. The number of aliphatic hydroxyl groups is 1. The zero-order valence-corrected chi connectivity index (χ0v) is 10.0. The van der Waals surface area contributed by atoms with Gasteiger partial charge in [-0.1, -0.05) is 0 Å². The molecule has 0 saturated carbocycles. The molecule has 0 radical (unpaired) electrons. The molecule has 0 aliphatic rings. The van der Waals surface area contributed by atoms with Crippen LogP contribution in [0.1, 0.15) is 16.8 Å². The maximum atomic E-state index is 13.0. The number of amides is 1. The molecule has 3 N–H and O–H groups in total. The molecular formula is C12H16FNO4. The molecule has 0 saturated heterocycles. The van der Waals surface area contributed by atoms with Crippen LogP contribution in [0.2, 0.25) is 0 Å². The standard InChI is InChI=1S/C12H16FNO4/c1-18-5-4-9(7-15)14-12(17)10-6-8(13)2-3-11(10)16/h2-3,6,9,15-16H,4-5,7H2,1H3,(H,14,17). The molecule has 0 aliphatic carbocycles. The first kappa shape index (κ1) is 14.4. The van der Waals surface area contributed by atoms with E-state index in [4.69, 9.17) is 9.84 Å². The van der Waals surface area contributed by atoms with E-state index in [1.165, 1.54) is 7.11 Å². The van der Waals surface area contributed by atoms with E-state index in [1.807, 2.05) is 0 Å². The van der Waals surface area contributed by atoms with Crippen molar-refractivity contribution in [2.75, 3.05) is 20.3 Å². The van der Waals surface area contributed by atoms with Crippen molar-refractivity contribution in [2.45, 2.75) is 12.5 Å². The predicted molar refractivity (Wildman–Crippen MR) is 62.9 cm³/mol. The van der Waals surface area contributed by atoms with Crippen molar-refractivity contribution in [3.63, 3.8) is 0 Å². The van der Waals surface area contributed by atoms with Gasteiger partial charge in [-0.3, -0.25) is 4.79 Å². The number of methoxy groups -OCH3 is 1. The maximum Gasteiger partial charge on any atom is 0.255 e. The first-order valence-corrected chi connectivity index (χ1v) is 5.47. The molecule has 0 bridgehead atoms. The van der Waals surface area contributed by atoms with Gasteiger partial charge in [0.15, 0.2) is 0 Å². The molecular weight excluding hydrogens is 241 g/mol. The fraction of sp³-hybridized carbons (Fsp3) is 0.417. The number of nitrogens with one attached hydrogen (secondary N) is 1. The van der Waals surface area contributed by atoms with E-state index in [2.05, 4.69) is 5.32 Å². The van der Waals surface area contributed by atoms with Crippen molar-refractivity contribution >= 4 is 5.91 Å². The highest BCUT2D eigenvalue weighted by molar-refractivity contribution is 5.96. The lowest BCUT2D eigenvalue weighted by atomic mass is 10.1.